The molecule has 4 heterocycles. The fourth-order valence-corrected chi connectivity index (χ4v) is 7.21. The molecule has 0 aliphatic carbocycles. The Morgan fingerprint density at radius 3 is 2.26 bits per heavy atom. The number of hydrogen-bond acceptors (Lipinski definition) is 4. The quantitative estimate of drug-likeness (QED) is 0.156. The van der Waals surface area contributed by atoms with Crippen LogP contribution in [0, 0.1) is 25.0 Å². The van der Waals surface area contributed by atoms with Gasteiger partial charge in [-0.1, -0.05) is 128 Å². The third-order valence-electron chi connectivity index (χ3n) is 9.98. The summed E-state index contributed by atoms with van der Waals surface area (Å²) < 4.78 is 12.2. The summed E-state index contributed by atoms with van der Waals surface area (Å²) in [5.74, 6) is 0.603. The van der Waals surface area contributed by atoms with Crippen molar-refractivity contribution in [2.24, 2.45) is 5.92 Å². The molecule has 0 spiro atoms. The van der Waals surface area contributed by atoms with Crippen LogP contribution in [0.4, 0.5) is 0 Å². The van der Waals surface area contributed by atoms with Gasteiger partial charge in [-0.15, -0.1) is 42.0 Å². The normalized spacial score (nSPS) is 11.6. The van der Waals surface area contributed by atoms with Gasteiger partial charge in [-0.2, -0.15) is 0 Å². The van der Waals surface area contributed by atoms with Gasteiger partial charge in [-0.3, -0.25) is 0 Å². The number of rotatable bonds is 6. The van der Waals surface area contributed by atoms with E-state index < -0.39 is 0 Å². The minimum Gasteiger partial charge on any atom is -0.501 e. The van der Waals surface area contributed by atoms with Crippen LogP contribution in [0.2, 0.25) is 0 Å². The van der Waals surface area contributed by atoms with Gasteiger partial charge < -0.3 is 18.8 Å². The number of pyridine rings is 2. The summed E-state index contributed by atoms with van der Waals surface area (Å²) in [7, 11) is 0. The van der Waals surface area contributed by atoms with Gasteiger partial charge in [0.25, 0.3) is 0 Å². The summed E-state index contributed by atoms with van der Waals surface area (Å²) in [6, 6.07) is 48.0. The number of para-hydroxylation sites is 1. The Kier molecular flexibility index (Phi) is 10.2. The van der Waals surface area contributed by atoms with Crippen molar-refractivity contribution in [3.05, 3.63) is 168 Å². The summed E-state index contributed by atoms with van der Waals surface area (Å²) in [6.45, 7) is 11.2. The summed E-state index contributed by atoms with van der Waals surface area (Å²) in [5.41, 5.74) is 12.3. The van der Waals surface area contributed by atoms with E-state index in [4.69, 9.17) is 13.8 Å². The van der Waals surface area contributed by atoms with Gasteiger partial charge in [0.2, 0.25) is 0 Å². The molecule has 0 atom stereocenters. The fourth-order valence-electron chi connectivity index (χ4n) is 7.21. The first-order valence-electron chi connectivity index (χ1n) is 17.9. The van der Waals surface area contributed by atoms with Crippen LogP contribution in [-0.4, -0.2) is 9.97 Å². The van der Waals surface area contributed by atoms with Crippen molar-refractivity contribution >= 4 is 43.9 Å². The first kappa shape index (κ1) is 36.0. The topological polar surface area (TPSA) is 52.1 Å². The van der Waals surface area contributed by atoms with Crippen LogP contribution in [-0.2, 0) is 31.9 Å². The van der Waals surface area contributed by atoms with E-state index in [0.717, 1.165) is 67.4 Å². The zero-order valence-corrected chi connectivity index (χ0v) is 32.9. The predicted molar refractivity (Wildman–Crippen MR) is 213 cm³/mol. The second-order valence-electron chi connectivity index (χ2n) is 14.4. The van der Waals surface area contributed by atoms with E-state index in [9.17, 15) is 0 Å². The van der Waals surface area contributed by atoms with Gasteiger partial charge in [0.15, 0.2) is 0 Å². The SMILES string of the molecule is Cc1cnc(-c2[c-]cc3oc4cccc(C(C)(C)c5ccccc5)c4c3c2)cc1CC(C)C.[Ir].[c-]1ccc2c(oc3ccccc32)c1-c1ccccn1. The van der Waals surface area contributed by atoms with Crippen LogP contribution in [0.25, 0.3) is 66.4 Å². The Bertz CT molecular complexity index is 2670. The van der Waals surface area contributed by atoms with Gasteiger partial charge in [-0.25, -0.2) is 0 Å². The molecule has 4 nitrogen and oxygen atoms in total. The minimum absolute atomic E-state index is 0. The number of benzene rings is 5. The molecule has 0 saturated carbocycles. The van der Waals surface area contributed by atoms with Crippen molar-refractivity contribution in [1.82, 2.24) is 9.97 Å². The molecule has 0 aliphatic rings. The molecule has 0 fully saturated rings. The summed E-state index contributed by atoms with van der Waals surface area (Å²) >= 11 is 0. The number of nitrogens with zero attached hydrogens (tertiary/aromatic N) is 2. The maximum absolute atomic E-state index is 6.26. The van der Waals surface area contributed by atoms with Crippen LogP contribution in [0.15, 0.2) is 143 Å². The first-order valence-corrected chi connectivity index (χ1v) is 17.9. The Balaban J connectivity index is 0.000000184. The van der Waals surface area contributed by atoms with Gasteiger partial charge in [0, 0.05) is 48.7 Å². The zero-order valence-electron chi connectivity index (χ0n) is 30.5. The molecule has 0 N–H and O–H groups in total. The fraction of sp³-hybridized carbons (Fsp3) is 0.167. The summed E-state index contributed by atoms with van der Waals surface area (Å²) in [4.78, 5) is 9.12. The third-order valence-corrected chi connectivity index (χ3v) is 9.98. The number of hydrogen-bond donors (Lipinski definition) is 0. The standard InChI is InChI=1S/C31H30NO.C17H10NO.Ir/c1-20(2)16-23-18-27(32-19-21(23)3)22-14-15-28-25(17-22)30-26(12-9-13-29(30)33-28)31(4,5)24-10-7-6-8-11-24;1-2-10-16-12(6-1)13-7-5-8-14(17(13)19-16)15-9-3-4-11-18-15;/h6-13,15,17-20H,16H2,1-5H3;1-7,9-11H;/q2*-1;. The Morgan fingerprint density at radius 1 is 0.698 bits per heavy atom. The van der Waals surface area contributed by atoms with Gasteiger partial charge in [0.1, 0.15) is 11.2 Å². The number of aromatic nitrogens is 2. The van der Waals surface area contributed by atoms with E-state index in [2.05, 4.69) is 118 Å². The molecule has 5 aromatic carbocycles. The second kappa shape index (κ2) is 14.9. The average Bonchev–Trinajstić information content (AvgIpc) is 3.75. The van der Waals surface area contributed by atoms with E-state index in [1.807, 2.05) is 60.8 Å². The summed E-state index contributed by atoms with van der Waals surface area (Å²) in [6.07, 6.45) is 4.82. The van der Waals surface area contributed by atoms with E-state index >= 15 is 0 Å². The number of fused-ring (bicyclic) bond motifs is 6. The molecule has 265 valence electrons. The average molecular weight is 869 g/mol. The first-order chi connectivity index (χ1) is 25.3. The molecule has 5 heteroatoms. The molecule has 4 aromatic heterocycles. The van der Waals surface area contributed by atoms with Crippen molar-refractivity contribution in [3.8, 4) is 22.5 Å². The Morgan fingerprint density at radius 2 is 1.47 bits per heavy atom. The van der Waals surface area contributed by atoms with Gasteiger partial charge >= 0.3 is 0 Å². The smallest absolute Gasteiger partial charge is 0.121 e. The molecular formula is C48H40IrN2O2-2. The van der Waals surface area contributed by atoms with Crippen LogP contribution in [0.1, 0.15) is 49.9 Å². The van der Waals surface area contributed by atoms with Gasteiger partial charge in [0.05, 0.1) is 11.2 Å². The van der Waals surface area contributed by atoms with Crippen molar-refractivity contribution in [1.29, 1.82) is 0 Å². The van der Waals surface area contributed by atoms with Crippen LogP contribution in [0.3, 0.4) is 0 Å². The number of aryl methyl sites for hydroxylation is 1. The molecule has 0 unspecified atom stereocenters. The molecule has 0 bridgehead atoms. The molecule has 0 amide bonds. The Hall–Kier alpha value is -5.35. The molecule has 0 aliphatic heterocycles. The summed E-state index contributed by atoms with van der Waals surface area (Å²) in [5, 5.41) is 4.52. The van der Waals surface area contributed by atoms with E-state index in [1.54, 1.807) is 6.20 Å². The van der Waals surface area contributed by atoms with E-state index in [0.29, 0.717) is 5.92 Å². The van der Waals surface area contributed by atoms with Crippen molar-refractivity contribution in [3.63, 3.8) is 0 Å². The predicted octanol–water partition coefficient (Wildman–Crippen LogP) is 12.7. The van der Waals surface area contributed by atoms with E-state index in [1.165, 1.54) is 27.6 Å². The molecule has 0 saturated heterocycles. The molecular weight excluding hydrogens is 829 g/mol. The largest absolute Gasteiger partial charge is 0.501 e. The van der Waals surface area contributed by atoms with Crippen molar-refractivity contribution in [2.75, 3.05) is 0 Å². The molecule has 9 aromatic rings. The molecule has 53 heavy (non-hydrogen) atoms. The monoisotopic (exact) mass is 869 g/mol. The van der Waals surface area contributed by atoms with Crippen LogP contribution >= 0.6 is 0 Å². The second-order valence-corrected chi connectivity index (χ2v) is 14.4. The van der Waals surface area contributed by atoms with E-state index in [-0.39, 0.29) is 25.5 Å². The maximum atomic E-state index is 6.26. The van der Waals surface area contributed by atoms with Gasteiger partial charge in [-0.05, 0) is 65.5 Å². The molecule has 1 radical (unpaired) electrons. The maximum Gasteiger partial charge on any atom is 0.121 e. The van der Waals surface area contributed by atoms with Crippen LogP contribution < -0.4 is 0 Å². The third kappa shape index (κ3) is 6.95. The van der Waals surface area contributed by atoms with Crippen molar-refractivity contribution < 1.29 is 28.9 Å². The molecule has 9 rings (SSSR count). The minimum atomic E-state index is -0.163. The Labute approximate surface area is 324 Å². The van der Waals surface area contributed by atoms with Crippen LogP contribution in [0.5, 0.6) is 0 Å². The number of furan rings is 2. The zero-order chi connectivity index (χ0) is 35.8. The van der Waals surface area contributed by atoms with Crippen molar-refractivity contribution in [2.45, 2.75) is 46.5 Å².